The van der Waals surface area contributed by atoms with Gasteiger partial charge in [-0.1, -0.05) is 11.2 Å². The SMILES string of the molecule is COc1ccc(C)cc1NC(=O)C1CCCN1C(=O)c1cc(C)no1. The highest BCUT2D eigenvalue weighted by Crippen LogP contribution is 2.27. The lowest BCUT2D eigenvalue weighted by molar-refractivity contribution is -0.119. The number of nitrogens with zero attached hydrogens (tertiary/aromatic N) is 2. The van der Waals surface area contributed by atoms with Crippen LogP contribution < -0.4 is 10.1 Å². The second-order valence-corrected chi connectivity index (χ2v) is 6.18. The molecule has 0 spiro atoms. The molecule has 1 N–H and O–H groups in total. The highest BCUT2D eigenvalue weighted by Gasteiger charge is 2.36. The molecule has 1 atom stereocenters. The number of carbonyl (C=O) groups excluding carboxylic acids is 2. The van der Waals surface area contributed by atoms with E-state index in [1.807, 2.05) is 19.1 Å². The van der Waals surface area contributed by atoms with E-state index in [9.17, 15) is 9.59 Å². The molecule has 1 aromatic carbocycles. The summed E-state index contributed by atoms with van der Waals surface area (Å²) in [4.78, 5) is 26.9. The lowest BCUT2D eigenvalue weighted by Gasteiger charge is -2.23. The fourth-order valence-corrected chi connectivity index (χ4v) is 3.02. The number of anilines is 1. The number of benzene rings is 1. The number of methoxy groups -OCH3 is 1. The molecule has 7 heteroatoms. The van der Waals surface area contributed by atoms with Gasteiger partial charge in [-0.2, -0.15) is 0 Å². The minimum atomic E-state index is -0.539. The van der Waals surface area contributed by atoms with Gasteiger partial charge < -0.3 is 19.5 Å². The maximum atomic E-state index is 12.7. The summed E-state index contributed by atoms with van der Waals surface area (Å²) >= 11 is 0. The van der Waals surface area contributed by atoms with Crippen molar-refractivity contribution in [3.63, 3.8) is 0 Å². The average Bonchev–Trinajstić information content (AvgIpc) is 3.23. The van der Waals surface area contributed by atoms with Crippen LogP contribution in [0.15, 0.2) is 28.8 Å². The normalized spacial score (nSPS) is 16.8. The quantitative estimate of drug-likeness (QED) is 0.922. The van der Waals surface area contributed by atoms with E-state index < -0.39 is 6.04 Å². The van der Waals surface area contributed by atoms with Crippen LogP contribution in [0.1, 0.15) is 34.7 Å². The first-order valence-electron chi connectivity index (χ1n) is 8.19. The third-order valence-corrected chi connectivity index (χ3v) is 4.27. The number of hydrogen-bond acceptors (Lipinski definition) is 5. The van der Waals surface area contributed by atoms with E-state index in [0.29, 0.717) is 30.1 Å². The van der Waals surface area contributed by atoms with Crippen LogP contribution in [-0.4, -0.2) is 41.6 Å². The maximum absolute atomic E-state index is 12.7. The van der Waals surface area contributed by atoms with Crippen LogP contribution in [-0.2, 0) is 4.79 Å². The Bertz CT molecular complexity index is 799. The Labute approximate surface area is 145 Å². The molecule has 3 rings (SSSR count). The number of aromatic nitrogens is 1. The Morgan fingerprint density at radius 2 is 2.12 bits per heavy atom. The molecule has 2 heterocycles. The second kappa shape index (κ2) is 6.96. The Balaban J connectivity index is 1.77. The molecule has 0 radical (unpaired) electrons. The van der Waals surface area contributed by atoms with Crippen LogP contribution in [0.4, 0.5) is 5.69 Å². The van der Waals surface area contributed by atoms with Crippen molar-refractivity contribution in [1.29, 1.82) is 0 Å². The van der Waals surface area contributed by atoms with Crippen LogP contribution in [0.2, 0.25) is 0 Å². The topological polar surface area (TPSA) is 84.7 Å². The zero-order chi connectivity index (χ0) is 18.0. The van der Waals surface area contributed by atoms with Gasteiger partial charge in [0.15, 0.2) is 0 Å². The van der Waals surface area contributed by atoms with Crippen LogP contribution in [0, 0.1) is 13.8 Å². The van der Waals surface area contributed by atoms with Crippen molar-refractivity contribution < 1.29 is 18.8 Å². The minimum absolute atomic E-state index is 0.158. The van der Waals surface area contributed by atoms with Crippen molar-refractivity contribution in [2.45, 2.75) is 32.7 Å². The van der Waals surface area contributed by atoms with E-state index in [1.165, 1.54) is 4.90 Å². The smallest absolute Gasteiger partial charge is 0.293 e. The predicted octanol–water partition coefficient (Wildman–Crippen LogP) is 2.54. The number of aryl methyl sites for hydroxylation is 2. The first kappa shape index (κ1) is 17.0. The molecular formula is C18H21N3O4. The number of rotatable bonds is 4. The minimum Gasteiger partial charge on any atom is -0.495 e. The predicted molar refractivity (Wildman–Crippen MR) is 91.7 cm³/mol. The molecule has 1 aliphatic rings. The van der Waals surface area contributed by atoms with E-state index in [0.717, 1.165) is 12.0 Å². The summed E-state index contributed by atoms with van der Waals surface area (Å²) in [6, 6.07) is 6.60. The van der Waals surface area contributed by atoms with Crippen LogP contribution in [0.5, 0.6) is 5.75 Å². The summed E-state index contributed by atoms with van der Waals surface area (Å²) in [7, 11) is 1.55. The first-order chi connectivity index (χ1) is 12.0. The summed E-state index contributed by atoms with van der Waals surface area (Å²) in [5.74, 6) is 0.200. The van der Waals surface area contributed by atoms with Crippen LogP contribution >= 0.6 is 0 Å². The van der Waals surface area contributed by atoms with E-state index >= 15 is 0 Å². The molecule has 0 saturated carbocycles. The van der Waals surface area contributed by atoms with Crippen molar-refractivity contribution in [2.24, 2.45) is 0 Å². The molecule has 7 nitrogen and oxygen atoms in total. The molecule has 0 aliphatic carbocycles. The number of likely N-dealkylation sites (tertiary alicyclic amines) is 1. The summed E-state index contributed by atoms with van der Waals surface area (Å²) in [6.45, 7) is 4.20. The van der Waals surface area contributed by atoms with E-state index in [-0.39, 0.29) is 17.6 Å². The Morgan fingerprint density at radius 3 is 2.80 bits per heavy atom. The lowest BCUT2D eigenvalue weighted by Crippen LogP contribution is -2.43. The summed E-state index contributed by atoms with van der Waals surface area (Å²) < 4.78 is 10.3. The highest BCUT2D eigenvalue weighted by molar-refractivity contribution is 6.01. The van der Waals surface area contributed by atoms with Gasteiger partial charge in [0.25, 0.3) is 5.91 Å². The molecular weight excluding hydrogens is 322 g/mol. The number of hydrogen-bond donors (Lipinski definition) is 1. The van der Waals surface area contributed by atoms with Gasteiger partial charge in [0, 0.05) is 12.6 Å². The van der Waals surface area contributed by atoms with Gasteiger partial charge in [0.05, 0.1) is 18.5 Å². The number of ether oxygens (including phenoxy) is 1. The largest absolute Gasteiger partial charge is 0.495 e. The summed E-state index contributed by atoms with van der Waals surface area (Å²) in [5, 5.41) is 6.62. The Morgan fingerprint density at radius 1 is 1.32 bits per heavy atom. The van der Waals surface area contributed by atoms with Gasteiger partial charge >= 0.3 is 0 Å². The zero-order valence-corrected chi connectivity index (χ0v) is 14.5. The Hall–Kier alpha value is -2.83. The van der Waals surface area contributed by atoms with Gasteiger partial charge in [0.1, 0.15) is 11.8 Å². The second-order valence-electron chi connectivity index (χ2n) is 6.18. The Kier molecular flexibility index (Phi) is 4.74. The van der Waals surface area contributed by atoms with Gasteiger partial charge in [-0.3, -0.25) is 9.59 Å². The molecule has 25 heavy (non-hydrogen) atoms. The van der Waals surface area contributed by atoms with Gasteiger partial charge in [-0.25, -0.2) is 0 Å². The average molecular weight is 343 g/mol. The van der Waals surface area contributed by atoms with Gasteiger partial charge in [0.2, 0.25) is 11.7 Å². The van der Waals surface area contributed by atoms with Crippen molar-refractivity contribution in [1.82, 2.24) is 10.1 Å². The third kappa shape index (κ3) is 3.50. The van der Waals surface area contributed by atoms with Crippen molar-refractivity contribution >= 4 is 17.5 Å². The molecule has 132 valence electrons. The highest BCUT2D eigenvalue weighted by atomic mass is 16.5. The molecule has 0 bridgehead atoms. The van der Waals surface area contributed by atoms with E-state index in [4.69, 9.17) is 9.26 Å². The number of nitrogens with one attached hydrogen (secondary N) is 1. The monoisotopic (exact) mass is 343 g/mol. The molecule has 1 unspecified atom stereocenters. The van der Waals surface area contributed by atoms with E-state index in [1.54, 1.807) is 26.2 Å². The van der Waals surface area contributed by atoms with Gasteiger partial charge in [-0.15, -0.1) is 0 Å². The summed E-state index contributed by atoms with van der Waals surface area (Å²) in [5.41, 5.74) is 2.24. The third-order valence-electron chi connectivity index (χ3n) is 4.27. The molecule has 1 fully saturated rings. The standard InChI is InChI=1S/C18H21N3O4/c1-11-6-7-15(24-3)13(9-11)19-17(22)14-5-4-8-21(14)18(23)16-10-12(2)20-25-16/h6-7,9-10,14H,4-5,8H2,1-3H3,(H,19,22). The fourth-order valence-electron chi connectivity index (χ4n) is 3.02. The van der Waals surface area contributed by atoms with E-state index in [2.05, 4.69) is 10.5 Å². The van der Waals surface area contributed by atoms with Crippen molar-refractivity contribution in [3.8, 4) is 5.75 Å². The van der Waals surface area contributed by atoms with Gasteiger partial charge in [-0.05, 0) is 44.4 Å². The molecule has 2 amide bonds. The van der Waals surface area contributed by atoms with Crippen molar-refractivity contribution in [2.75, 3.05) is 19.0 Å². The maximum Gasteiger partial charge on any atom is 0.293 e. The fraction of sp³-hybridized carbons (Fsp3) is 0.389. The summed E-state index contributed by atoms with van der Waals surface area (Å²) in [6.07, 6.45) is 1.38. The first-order valence-corrected chi connectivity index (χ1v) is 8.19. The molecule has 1 aromatic heterocycles. The van der Waals surface area contributed by atoms with Crippen molar-refractivity contribution in [3.05, 3.63) is 41.3 Å². The number of carbonyl (C=O) groups is 2. The van der Waals surface area contributed by atoms with Crippen LogP contribution in [0.25, 0.3) is 0 Å². The molecule has 1 aliphatic heterocycles. The zero-order valence-electron chi connectivity index (χ0n) is 14.5. The molecule has 2 aromatic rings. The number of amides is 2. The lowest BCUT2D eigenvalue weighted by atomic mass is 10.1. The van der Waals surface area contributed by atoms with Crippen LogP contribution in [0.3, 0.4) is 0 Å². The molecule has 1 saturated heterocycles.